The van der Waals surface area contributed by atoms with Crippen molar-refractivity contribution < 1.29 is 9.53 Å². The largest absolute Gasteiger partial charge is 0.497 e. The van der Waals surface area contributed by atoms with Crippen LogP contribution in [-0.2, 0) is 11.2 Å². The van der Waals surface area contributed by atoms with E-state index in [4.69, 9.17) is 16.3 Å². The summed E-state index contributed by atoms with van der Waals surface area (Å²) in [4.78, 5) is 16.7. The second-order valence-electron chi connectivity index (χ2n) is 6.69. The molecule has 144 valence electrons. The quantitative estimate of drug-likeness (QED) is 0.793. The zero-order valence-corrected chi connectivity index (χ0v) is 16.4. The van der Waals surface area contributed by atoms with E-state index in [9.17, 15) is 4.79 Å². The summed E-state index contributed by atoms with van der Waals surface area (Å²) in [6.07, 6.45) is 0.797. The maximum Gasteiger partial charge on any atom is 0.234 e. The molecule has 0 unspecified atom stereocenters. The highest BCUT2D eigenvalue weighted by Gasteiger charge is 2.19. The number of rotatable bonds is 7. The number of amides is 1. The lowest BCUT2D eigenvalue weighted by Crippen LogP contribution is -2.49. The van der Waals surface area contributed by atoms with Crippen LogP contribution >= 0.6 is 11.6 Å². The van der Waals surface area contributed by atoms with E-state index >= 15 is 0 Å². The first-order valence-electron chi connectivity index (χ1n) is 9.26. The summed E-state index contributed by atoms with van der Waals surface area (Å²) in [5.41, 5.74) is 2.30. The van der Waals surface area contributed by atoms with Gasteiger partial charge in [0.05, 0.1) is 13.7 Å². The molecule has 1 saturated heterocycles. The number of carbonyl (C=O) groups excluding carboxylic acids is 1. The number of nitrogens with zero attached hydrogens (tertiary/aromatic N) is 2. The Bertz CT molecular complexity index is 761. The molecule has 27 heavy (non-hydrogen) atoms. The average Bonchev–Trinajstić information content (AvgIpc) is 2.69. The molecule has 2 aromatic carbocycles. The first kappa shape index (κ1) is 19.5. The molecule has 1 amide bonds. The lowest BCUT2D eigenvalue weighted by atomic mass is 10.1. The number of hydrogen-bond acceptors (Lipinski definition) is 4. The van der Waals surface area contributed by atoms with Crippen LogP contribution < -0.4 is 15.0 Å². The van der Waals surface area contributed by atoms with Crippen LogP contribution in [0.3, 0.4) is 0 Å². The van der Waals surface area contributed by atoms with E-state index < -0.39 is 0 Å². The maximum absolute atomic E-state index is 12.2. The molecule has 0 saturated carbocycles. The highest BCUT2D eigenvalue weighted by atomic mass is 35.5. The van der Waals surface area contributed by atoms with Gasteiger partial charge in [-0.2, -0.15) is 0 Å². The Morgan fingerprint density at radius 1 is 1.11 bits per heavy atom. The number of carbonyl (C=O) groups is 1. The molecule has 6 heteroatoms. The van der Waals surface area contributed by atoms with E-state index in [1.165, 1.54) is 0 Å². The van der Waals surface area contributed by atoms with Crippen LogP contribution in [0.1, 0.15) is 5.56 Å². The van der Waals surface area contributed by atoms with E-state index in [2.05, 4.69) is 21.2 Å². The van der Waals surface area contributed by atoms with Gasteiger partial charge < -0.3 is 15.0 Å². The van der Waals surface area contributed by atoms with Gasteiger partial charge in [-0.3, -0.25) is 9.69 Å². The topological polar surface area (TPSA) is 44.8 Å². The number of hydrogen-bond donors (Lipinski definition) is 1. The Morgan fingerprint density at radius 3 is 2.63 bits per heavy atom. The number of nitrogens with one attached hydrogen (secondary N) is 1. The van der Waals surface area contributed by atoms with E-state index in [0.29, 0.717) is 13.1 Å². The van der Waals surface area contributed by atoms with E-state index in [1.54, 1.807) is 7.11 Å². The molecule has 2 aromatic rings. The minimum absolute atomic E-state index is 0.0779. The highest BCUT2D eigenvalue weighted by molar-refractivity contribution is 6.30. The fourth-order valence-corrected chi connectivity index (χ4v) is 3.45. The monoisotopic (exact) mass is 387 g/mol. The summed E-state index contributed by atoms with van der Waals surface area (Å²) in [6, 6.07) is 15.9. The standard InChI is InChI=1S/C21H26ClN3O2/c1-27-20-7-2-4-17(14-20)8-9-23-21(26)16-24-10-12-25(13-11-24)19-6-3-5-18(22)15-19/h2-7,14-15H,8-13,16H2,1H3,(H,23,26). The van der Waals surface area contributed by atoms with Crippen molar-refractivity contribution in [3.8, 4) is 5.75 Å². The van der Waals surface area contributed by atoms with Gasteiger partial charge in [-0.15, -0.1) is 0 Å². The van der Waals surface area contributed by atoms with Gasteiger partial charge in [0.2, 0.25) is 5.91 Å². The van der Waals surface area contributed by atoms with Crippen molar-refractivity contribution in [3.05, 3.63) is 59.1 Å². The van der Waals surface area contributed by atoms with Crippen LogP contribution in [0.4, 0.5) is 5.69 Å². The van der Waals surface area contributed by atoms with Crippen molar-refractivity contribution in [2.75, 3.05) is 51.3 Å². The van der Waals surface area contributed by atoms with E-state index in [1.807, 2.05) is 42.5 Å². The molecule has 5 nitrogen and oxygen atoms in total. The molecule has 0 atom stereocenters. The fourth-order valence-electron chi connectivity index (χ4n) is 3.27. The number of methoxy groups -OCH3 is 1. The average molecular weight is 388 g/mol. The van der Waals surface area contributed by atoms with E-state index in [-0.39, 0.29) is 5.91 Å². The molecule has 0 bridgehead atoms. The first-order chi connectivity index (χ1) is 13.1. The lowest BCUT2D eigenvalue weighted by molar-refractivity contribution is -0.122. The van der Waals surface area contributed by atoms with Gasteiger partial charge in [-0.25, -0.2) is 0 Å². The molecule has 0 spiro atoms. The number of halogens is 1. The molecule has 3 rings (SSSR count). The van der Waals surface area contributed by atoms with Crippen molar-refractivity contribution in [1.29, 1.82) is 0 Å². The Labute approximate surface area is 165 Å². The molecule has 1 aliphatic heterocycles. The molecule has 1 fully saturated rings. The molecular formula is C21H26ClN3O2. The third-order valence-electron chi connectivity index (χ3n) is 4.78. The van der Waals surface area contributed by atoms with Crippen LogP contribution in [0.5, 0.6) is 5.75 Å². The van der Waals surface area contributed by atoms with Crippen molar-refractivity contribution >= 4 is 23.2 Å². The maximum atomic E-state index is 12.2. The van der Waals surface area contributed by atoms with Crippen LogP contribution in [0.15, 0.2) is 48.5 Å². The smallest absolute Gasteiger partial charge is 0.234 e. The van der Waals surface area contributed by atoms with Crippen LogP contribution in [-0.4, -0.2) is 57.2 Å². The van der Waals surface area contributed by atoms with Gasteiger partial charge in [0.25, 0.3) is 0 Å². The summed E-state index contributed by atoms with van der Waals surface area (Å²) in [7, 11) is 1.66. The summed E-state index contributed by atoms with van der Waals surface area (Å²) >= 11 is 6.07. The molecule has 1 heterocycles. The van der Waals surface area contributed by atoms with Crippen molar-refractivity contribution in [2.45, 2.75) is 6.42 Å². The highest BCUT2D eigenvalue weighted by Crippen LogP contribution is 2.20. The van der Waals surface area contributed by atoms with Crippen LogP contribution in [0.25, 0.3) is 0 Å². The summed E-state index contributed by atoms with van der Waals surface area (Å²) < 4.78 is 5.22. The minimum Gasteiger partial charge on any atom is -0.497 e. The molecule has 1 aliphatic rings. The molecule has 0 radical (unpaired) electrons. The number of benzene rings is 2. The van der Waals surface area contributed by atoms with Gasteiger partial charge in [0.1, 0.15) is 5.75 Å². The van der Waals surface area contributed by atoms with Crippen molar-refractivity contribution in [3.63, 3.8) is 0 Å². The number of anilines is 1. The molecule has 1 N–H and O–H groups in total. The van der Waals surface area contributed by atoms with Gasteiger partial charge in [-0.1, -0.05) is 29.8 Å². The Balaban J connectivity index is 1.38. The van der Waals surface area contributed by atoms with Gasteiger partial charge in [-0.05, 0) is 42.3 Å². The summed E-state index contributed by atoms with van der Waals surface area (Å²) in [5.74, 6) is 0.922. The van der Waals surface area contributed by atoms with Gasteiger partial charge in [0, 0.05) is 43.4 Å². The second-order valence-corrected chi connectivity index (χ2v) is 7.13. The van der Waals surface area contributed by atoms with Crippen LogP contribution in [0, 0.1) is 0 Å². The molecular weight excluding hydrogens is 362 g/mol. The van der Waals surface area contributed by atoms with Gasteiger partial charge >= 0.3 is 0 Å². The summed E-state index contributed by atoms with van der Waals surface area (Å²) in [5, 5.41) is 3.77. The summed E-state index contributed by atoms with van der Waals surface area (Å²) in [6.45, 7) is 4.62. The van der Waals surface area contributed by atoms with Crippen molar-refractivity contribution in [1.82, 2.24) is 10.2 Å². The molecule has 0 aliphatic carbocycles. The Hall–Kier alpha value is -2.24. The minimum atomic E-state index is 0.0779. The predicted molar refractivity (Wildman–Crippen MR) is 110 cm³/mol. The lowest BCUT2D eigenvalue weighted by Gasteiger charge is -2.35. The zero-order valence-electron chi connectivity index (χ0n) is 15.7. The Kier molecular flexibility index (Phi) is 6.96. The molecule has 0 aromatic heterocycles. The predicted octanol–water partition coefficient (Wildman–Crippen LogP) is 2.83. The normalized spacial score (nSPS) is 14.8. The number of ether oxygens (including phenoxy) is 1. The SMILES string of the molecule is COc1cccc(CCNC(=O)CN2CCN(c3cccc(Cl)c3)CC2)c1. The number of piperazine rings is 1. The van der Waals surface area contributed by atoms with E-state index in [0.717, 1.165) is 54.6 Å². The first-order valence-corrected chi connectivity index (χ1v) is 9.64. The fraction of sp³-hybridized carbons (Fsp3) is 0.381. The van der Waals surface area contributed by atoms with Gasteiger partial charge in [0.15, 0.2) is 0 Å². The zero-order chi connectivity index (χ0) is 19.1. The third kappa shape index (κ3) is 5.88. The van der Waals surface area contributed by atoms with Crippen LogP contribution in [0.2, 0.25) is 5.02 Å². The Morgan fingerprint density at radius 2 is 1.89 bits per heavy atom. The third-order valence-corrected chi connectivity index (χ3v) is 5.02. The van der Waals surface area contributed by atoms with Crippen molar-refractivity contribution in [2.24, 2.45) is 0 Å². The second kappa shape index (κ2) is 9.62.